The van der Waals surface area contributed by atoms with Gasteiger partial charge in [-0.3, -0.25) is 4.79 Å². The van der Waals surface area contributed by atoms with E-state index in [1.165, 1.54) is 0 Å². The fourth-order valence-electron chi connectivity index (χ4n) is 4.22. The molecule has 1 aromatic carbocycles. The van der Waals surface area contributed by atoms with E-state index in [1.54, 1.807) is 14.2 Å². The van der Waals surface area contributed by atoms with Crippen molar-refractivity contribution >= 4 is 11.8 Å². The van der Waals surface area contributed by atoms with Crippen LogP contribution in [0.2, 0.25) is 0 Å². The van der Waals surface area contributed by atoms with E-state index < -0.39 is 11.9 Å². The van der Waals surface area contributed by atoms with Gasteiger partial charge in [-0.15, -0.1) is 0 Å². The summed E-state index contributed by atoms with van der Waals surface area (Å²) in [6.07, 6.45) is 1.17. The van der Waals surface area contributed by atoms with Gasteiger partial charge in [0.15, 0.2) is 5.78 Å². The lowest BCUT2D eigenvalue weighted by Crippen LogP contribution is -2.38. The number of ether oxygens (including phenoxy) is 3. The molecule has 0 saturated carbocycles. The molecule has 0 aromatic heterocycles. The summed E-state index contributed by atoms with van der Waals surface area (Å²) in [6, 6.07) is 7.51. The van der Waals surface area contributed by atoms with Crippen LogP contribution in [0.1, 0.15) is 45.1 Å². The Labute approximate surface area is 171 Å². The molecule has 6 nitrogen and oxygen atoms in total. The van der Waals surface area contributed by atoms with Crippen LogP contribution in [0.25, 0.3) is 0 Å². The van der Waals surface area contributed by atoms with Crippen LogP contribution in [0.15, 0.2) is 46.8 Å². The van der Waals surface area contributed by atoms with Crippen molar-refractivity contribution in [1.82, 2.24) is 5.32 Å². The van der Waals surface area contributed by atoms with Crippen LogP contribution in [-0.4, -0.2) is 39.2 Å². The van der Waals surface area contributed by atoms with Gasteiger partial charge in [0.25, 0.3) is 0 Å². The number of esters is 1. The highest BCUT2D eigenvalue weighted by molar-refractivity contribution is 6.04. The number of nitrogens with one attached hydrogen (secondary N) is 1. The van der Waals surface area contributed by atoms with Gasteiger partial charge < -0.3 is 19.5 Å². The molecule has 3 rings (SSSR count). The summed E-state index contributed by atoms with van der Waals surface area (Å²) in [4.78, 5) is 26.3. The van der Waals surface area contributed by atoms with Crippen molar-refractivity contribution in [3.63, 3.8) is 0 Å². The van der Waals surface area contributed by atoms with Gasteiger partial charge in [0.05, 0.1) is 25.2 Å². The molecule has 1 N–H and O–H groups in total. The van der Waals surface area contributed by atoms with Crippen LogP contribution in [-0.2, 0) is 19.1 Å². The Bertz CT molecular complexity index is 881. The fourth-order valence-corrected chi connectivity index (χ4v) is 4.22. The van der Waals surface area contributed by atoms with Gasteiger partial charge >= 0.3 is 5.97 Å². The second-order valence-corrected chi connectivity index (χ2v) is 8.30. The minimum Gasteiger partial charge on any atom is -0.496 e. The largest absolute Gasteiger partial charge is 0.496 e. The van der Waals surface area contributed by atoms with Crippen molar-refractivity contribution in [2.75, 3.05) is 27.4 Å². The fraction of sp³-hybridized carbons (Fsp3) is 0.478. The first kappa shape index (κ1) is 21.1. The molecule has 1 heterocycles. The maximum atomic E-state index is 13.2. The van der Waals surface area contributed by atoms with E-state index in [2.05, 4.69) is 19.2 Å². The van der Waals surface area contributed by atoms with Crippen LogP contribution in [0, 0.1) is 5.41 Å². The average Bonchev–Trinajstić information content (AvgIpc) is 2.65. The summed E-state index contributed by atoms with van der Waals surface area (Å²) in [5, 5.41) is 3.33. The second-order valence-electron chi connectivity index (χ2n) is 8.30. The predicted molar refractivity (Wildman–Crippen MR) is 109 cm³/mol. The van der Waals surface area contributed by atoms with Gasteiger partial charge in [-0.1, -0.05) is 32.0 Å². The van der Waals surface area contributed by atoms with Crippen molar-refractivity contribution < 1.29 is 23.8 Å². The number of rotatable bonds is 6. The summed E-state index contributed by atoms with van der Waals surface area (Å²) in [5.74, 6) is -0.290. The zero-order valence-electron chi connectivity index (χ0n) is 17.8. The molecule has 29 heavy (non-hydrogen) atoms. The molecule has 0 bridgehead atoms. The first-order chi connectivity index (χ1) is 13.8. The topological polar surface area (TPSA) is 73.9 Å². The number of benzene rings is 1. The number of hydrogen-bond donors (Lipinski definition) is 1. The summed E-state index contributed by atoms with van der Waals surface area (Å²) >= 11 is 0. The Morgan fingerprint density at radius 1 is 1.17 bits per heavy atom. The number of ketones is 1. The smallest absolute Gasteiger partial charge is 0.336 e. The number of carbonyl (C=O) groups excluding carboxylic acids is 2. The summed E-state index contributed by atoms with van der Waals surface area (Å²) < 4.78 is 16.0. The minimum atomic E-state index is -0.527. The Morgan fingerprint density at radius 3 is 2.59 bits per heavy atom. The molecular formula is C23H29NO5. The lowest BCUT2D eigenvalue weighted by molar-refractivity contribution is -0.140. The molecule has 0 fully saturated rings. The number of Topliss-reactive ketones (excluding diaryl/α,β-unsaturated/α-hetero) is 1. The highest BCUT2D eigenvalue weighted by atomic mass is 16.6. The molecule has 6 heteroatoms. The van der Waals surface area contributed by atoms with Gasteiger partial charge in [-0.2, -0.15) is 0 Å². The van der Waals surface area contributed by atoms with Crippen LogP contribution in [0.4, 0.5) is 0 Å². The van der Waals surface area contributed by atoms with Crippen molar-refractivity contribution in [3.05, 3.63) is 52.4 Å². The van der Waals surface area contributed by atoms with E-state index >= 15 is 0 Å². The molecular weight excluding hydrogens is 370 g/mol. The molecule has 0 unspecified atom stereocenters. The quantitative estimate of drug-likeness (QED) is 0.583. The Morgan fingerprint density at radius 2 is 1.90 bits per heavy atom. The first-order valence-corrected chi connectivity index (χ1v) is 9.82. The van der Waals surface area contributed by atoms with Crippen LogP contribution in [0.3, 0.4) is 0 Å². The number of allylic oxidation sites excluding steroid dienone is 3. The molecule has 0 amide bonds. The summed E-state index contributed by atoms with van der Waals surface area (Å²) in [5.41, 5.74) is 3.32. The van der Waals surface area contributed by atoms with Gasteiger partial charge in [-0.05, 0) is 24.8 Å². The third-order valence-electron chi connectivity index (χ3n) is 5.43. The van der Waals surface area contributed by atoms with Crippen LogP contribution >= 0.6 is 0 Å². The third-order valence-corrected chi connectivity index (χ3v) is 5.43. The second kappa shape index (κ2) is 8.41. The van der Waals surface area contributed by atoms with E-state index in [0.717, 1.165) is 17.7 Å². The van der Waals surface area contributed by atoms with E-state index in [0.29, 0.717) is 35.6 Å². The number of methoxy groups -OCH3 is 2. The zero-order valence-corrected chi connectivity index (χ0v) is 17.8. The standard InChI is InChI=1S/C23H29NO5/c1-14-19(22(26)29-11-10-27-4)20(15-8-6-7-9-18(15)28-5)21-16(24-14)12-23(2,3)13-17(21)25/h6-9,20,24H,10-13H2,1-5H3/t20-/m0/s1. The van der Waals surface area contributed by atoms with Crippen molar-refractivity contribution in [2.24, 2.45) is 5.41 Å². The molecule has 0 saturated heterocycles. The van der Waals surface area contributed by atoms with Crippen molar-refractivity contribution in [1.29, 1.82) is 0 Å². The summed E-state index contributed by atoms with van der Waals surface area (Å²) in [6.45, 7) is 6.48. The average molecular weight is 399 g/mol. The molecule has 2 aliphatic rings. The Balaban J connectivity index is 2.13. The van der Waals surface area contributed by atoms with E-state index in [9.17, 15) is 9.59 Å². The van der Waals surface area contributed by atoms with Crippen molar-refractivity contribution in [2.45, 2.75) is 39.5 Å². The Kier molecular flexibility index (Phi) is 6.13. The normalized spacial score (nSPS) is 20.9. The molecule has 1 aromatic rings. The zero-order chi connectivity index (χ0) is 21.2. The predicted octanol–water partition coefficient (Wildman–Crippen LogP) is 3.49. The van der Waals surface area contributed by atoms with E-state index in [1.807, 2.05) is 31.2 Å². The maximum absolute atomic E-state index is 13.2. The molecule has 0 radical (unpaired) electrons. The van der Waals surface area contributed by atoms with Gasteiger partial charge in [-0.25, -0.2) is 4.79 Å². The number of carbonyl (C=O) groups is 2. The lowest BCUT2D eigenvalue weighted by Gasteiger charge is -2.39. The molecule has 1 aliphatic carbocycles. The lowest BCUT2D eigenvalue weighted by atomic mass is 9.68. The SMILES string of the molecule is COCCOC(=O)C1=C(C)NC2=C(C(=O)CC(C)(C)C2)[C@H]1c1ccccc1OC. The monoisotopic (exact) mass is 399 g/mol. The van der Waals surface area contributed by atoms with E-state index in [-0.39, 0.29) is 17.8 Å². The Hall–Kier alpha value is -2.60. The highest BCUT2D eigenvalue weighted by Crippen LogP contribution is 2.48. The maximum Gasteiger partial charge on any atom is 0.336 e. The van der Waals surface area contributed by atoms with Crippen LogP contribution in [0.5, 0.6) is 5.75 Å². The van der Waals surface area contributed by atoms with Crippen LogP contribution < -0.4 is 10.1 Å². The molecule has 0 spiro atoms. The van der Waals surface area contributed by atoms with E-state index in [4.69, 9.17) is 14.2 Å². The highest BCUT2D eigenvalue weighted by Gasteiger charge is 2.43. The molecule has 1 aliphatic heterocycles. The number of para-hydroxylation sites is 1. The molecule has 156 valence electrons. The van der Waals surface area contributed by atoms with Gasteiger partial charge in [0.1, 0.15) is 12.4 Å². The van der Waals surface area contributed by atoms with Gasteiger partial charge in [0, 0.05) is 36.1 Å². The van der Waals surface area contributed by atoms with Crippen molar-refractivity contribution in [3.8, 4) is 5.75 Å². The molecule has 1 atom stereocenters. The minimum absolute atomic E-state index is 0.0503. The van der Waals surface area contributed by atoms with Gasteiger partial charge in [0.2, 0.25) is 0 Å². The number of hydrogen-bond acceptors (Lipinski definition) is 6. The third kappa shape index (κ3) is 4.22. The summed E-state index contributed by atoms with van der Waals surface area (Å²) in [7, 11) is 3.14. The number of dihydropyridines is 1. The first-order valence-electron chi connectivity index (χ1n) is 9.82.